The summed E-state index contributed by atoms with van der Waals surface area (Å²) >= 11 is 6.44. The third-order valence-corrected chi connectivity index (χ3v) is 4.25. The second-order valence-electron chi connectivity index (χ2n) is 5.20. The fourth-order valence-electron chi connectivity index (χ4n) is 2.58. The highest BCUT2D eigenvalue weighted by atomic mass is 35.5. The Balaban J connectivity index is 1.78. The monoisotopic (exact) mass is 279 g/mol. The second kappa shape index (κ2) is 5.51. The zero-order valence-corrected chi connectivity index (χ0v) is 11.6. The highest BCUT2D eigenvalue weighted by Gasteiger charge is 2.31. The van der Waals surface area contributed by atoms with Gasteiger partial charge < -0.3 is 9.64 Å². The zero-order chi connectivity index (χ0) is 13.2. The van der Waals surface area contributed by atoms with E-state index in [1.807, 2.05) is 23.1 Å². The quantitative estimate of drug-likeness (QED) is 0.796. The Bertz CT molecular complexity index is 467. The number of ether oxygens (including phenoxy) is 1. The Morgan fingerprint density at radius 2 is 1.95 bits per heavy atom. The molecule has 1 saturated heterocycles. The average Bonchev–Trinajstić information content (AvgIpc) is 3.31. The molecule has 1 heterocycles. The SMILES string of the molecule is O=C(C(Cl)c1ccccc1C1CC1)N1CCOCC1. The molecule has 1 aliphatic carbocycles. The summed E-state index contributed by atoms with van der Waals surface area (Å²) in [7, 11) is 0. The number of halogens is 1. The summed E-state index contributed by atoms with van der Waals surface area (Å²) in [5.41, 5.74) is 2.24. The Morgan fingerprint density at radius 3 is 2.63 bits per heavy atom. The van der Waals surface area contributed by atoms with Crippen LogP contribution in [0, 0.1) is 0 Å². The highest BCUT2D eigenvalue weighted by molar-refractivity contribution is 6.30. The standard InChI is InChI=1S/C15H18ClNO2/c16-14(15(18)17-7-9-19-10-8-17)13-4-2-1-3-12(13)11-5-6-11/h1-4,11,14H,5-10H2. The van der Waals surface area contributed by atoms with Gasteiger partial charge in [-0.3, -0.25) is 4.79 Å². The van der Waals surface area contributed by atoms with E-state index < -0.39 is 5.38 Å². The fraction of sp³-hybridized carbons (Fsp3) is 0.533. The Kier molecular flexibility index (Phi) is 3.76. The topological polar surface area (TPSA) is 29.5 Å². The maximum atomic E-state index is 12.4. The van der Waals surface area contributed by atoms with Crippen LogP contribution in [-0.4, -0.2) is 37.1 Å². The van der Waals surface area contributed by atoms with Crippen molar-refractivity contribution in [3.05, 3.63) is 35.4 Å². The van der Waals surface area contributed by atoms with E-state index in [1.54, 1.807) is 0 Å². The number of hydrogen-bond donors (Lipinski definition) is 0. The first kappa shape index (κ1) is 12.9. The van der Waals surface area contributed by atoms with Gasteiger partial charge in [0.05, 0.1) is 13.2 Å². The zero-order valence-electron chi connectivity index (χ0n) is 10.8. The van der Waals surface area contributed by atoms with Crippen LogP contribution in [0.4, 0.5) is 0 Å². The van der Waals surface area contributed by atoms with Gasteiger partial charge in [-0.05, 0) is 29.9 Å². The van der Waals surface area contributed by atoms with Crippen molar-refractivity contribution < 1.29 is 9.53 Å². The molecule has 102 valence electrons. The number of benzene rings is 1. The maximum Gasteiger partial charge on any atom is 0.245 e. The molecule has 1 aromatic rings. The Hall–Kier alpha value is -1.06. The van der Waals surface area contributed by atoms with Gasteiger partial charge in [-0.1, -0.05) is 24.3 Å². The summed E-state index contributed by atoms with van der Waals surface area (Å²) < 4.78 is 5.27. The molecule has 1 unspecified atom stereocenters. The predicted octanol–water partition coefficient (Wildman–Crippen LogP) is 2.70. The first-order valence-electron chi connectivity index (χ1n) is 6.87. The molecule has 2 aliphatic rings. The van der Waals surface area contributed by atoms with Gasteiger partial charge in [-0.2, -0.15) is 0 Å². The van der Waals surface area contributed by atoms with Crippen LogP contribution in [0.1, 0.15) is 35.3 Å². The molecule has 0 aromatic heterocycles. The van der Waals surface area contributed by atoms with Gasteiger partial charge in [-0.25, -0.2) is 0 Å². The molecule has 2 fully saturated rings. The van der Waals surface area contributed by atoms with Crippen molar-refractivity contribution in [3.63, 3.8) is 0 Å². The second-order valence-corrected chi connectivity index (χ2v) is 5.64. The molecule has 3 nitrogen and oxygen atoms in total. The fourth-order valence-corrected chi connectivity index (χ4v) is 2.92. The van der Waals surface area contributed by atoms with Crippen molar-refractivity contribution in [2.45, 2.75) is 24.1 Å². The van der Waals surface area contributed by atoms with Gasteiger partial charge in [0.15, 0.2) is 0 Å². The molecule has 1 saturated carbocycles. The number of nitrogens with zero attached hydrogens (tertiary/aromatic N) is 1. The number of morpholine rings is 1. The van der Waals surface area contributed by atoms with Crippen molar-refractivity contribution in [1.82, 2.24) is 4.90 Å². The first-order chi connectivity index (χ1) is 9.27. The molecule has 0 bridgehead atoms. The van der Waals surface area contributed by atoms with Crippen LogP contribution in [0.15, 0.2) is 24.3 Å². The van der Waals surface area contributed by atoms with Gasteiger partial charge in [0.2, 0.25) is 5.91 Å². The number of amides is 1. The van der Waals surface area contributed by atoms with Gasteiger partial charge in [0.25, 0.3) is 0 Å². The van der Waals surface area contributed by atoms with Crippen molar-refractivity contribution in [2.75, 3.05) is 26.3 Å². The van der Waals surface area contributed by atoms with E-state index in [9.17, 15) is 4.79 Å². The summed E-state index contributed by atoms with van der Waals surface area (Å²) in [4.78, 5) is 14.2. The highest BCUT2D eigenvalue weighted by Crippen LogP contribution is 2.44. The first-order valence-corrected chi connectivity index (χ1v) is 7.30. The summed E-state index contributed by atoms with van der Waals surface area (Å²) in [6.45, 7) is 2.51. The number of hydrogen-bond acceptors (Lipinski definition) is 2. The van der Waals surface area contributed by atoms with E-state index in [1.165, 1.54) is 18.4 Å². The predicted molar refractivity (Wildman–Crippen MR) is 74.4 cm³/mol. The van der Waals surface area contributed by atoms with Crippen LogP contribution in [-0.2, 0) is 9.53 Å². The molecule has 1 amide bonds. The smallest absolute Gasteiger partial charge is 0.245 e. The lowest BCUT2D eigenvalue weighted by Gasteiger charge is -2.29. The largest absolute Gasteiger partial charge is 0.378 e. The van der Waals surface area contributed by atoms with Gasteiger partial charge >= 0.3 is 0 Å². The van der Waals surface area contributed by atoms with Crippen LogP contribution in [0.5, 0.6) is 0 Å². The van der Waals surface area contributed by atoms with Gasteiger partial charge in [0.1, 0.15) is 5.38 Å². The van der Waals surface area contributed by atoms with Gasteiger partial charge in [-0.15, -0.1) is 11.6 Å². The Morgan fingerprint density at radius 1 is 1.26 bits per heavy atom. The van der Waals surface area contributed by atoms with E-state index in [0.717, 1.165) is 5.56 Å². The average molecular weight is 280 g/mol. The number of rotatable bonds is 3. The number of carbonyl (C=O) groups is 1. The summed E-state index contributed by atoms with van der Waals surface area (Å²) in [5.74, 6) is 0.619. The van der Waals surface area contributed by atoms with Crippen molar-refractivity contribution in [3.8, 4) is 0 Å². The summed E-state index contributed by atoms with van der Waals surface area (Å²) in [6.07, 6.45) is 2.43. The summed E-state index contributed by atoms with van der Waals surface area (Å²) in [6, 6.07) is 8.09. The molecule has 0 radical (unpaired) electrons. The molecule has 0 N–H and O–H groups in total. The van der Waals surface area contributed by atoms with Crippen molar-refractivity contribution in [2.24, 2.45) is 0 Å². The van der Waals surface area contributed by atoms with Crippen molar-refractivity contribution in [1.29, 1.82) is 0 Å². The minimum absolute atomic E-state index is 0.0121. The number of carbonyl (C=O) groups excluding carboxylic acids is 1. The number of alkyl halides is 1. The van der Waals surface area contributed by atoms with Crippen LogP contribution in [0.25, 0.3) is 0 Å². The lowest BCUT2D eigenvalue weighted by atomic mass is 10.00. The summed E-state index contributed by atoms with van der Waals surface area (Å²) in [5, 5.41) is -0.560. The lowest BCUT2D eigenvalue weighted by Crippen LogP contribution is -2.42. The Labute approximate surface area is 118 Å². The molecule has 3 rings (SSSR count). The molecule has 0 spiro atoms. The normalized spacial score (nSPS) is 21.2. The minimum Gasteiger partial charge on any atom is -0.378 e. The van der Waals surface area contributed by atoms with Gasteiger partial charge in [0, 0.05) is 13.1 Å². The van der Waals surface area contributed by atoms with Crippen LogP contribution in [0.2, 0.25) is 0 Å². The van der Waals surface area contributed by atoms with E-state index in [2.05, 4.69) is 6.07 Å². The van der Waals surface area contributed by atoms with E-state index >= 15 is 0 Å². The third kappa shape index (κ3) is 2.77. The van der Waals surface area contributed by atoms with E-state index in [4.69, 9.17) is 16.3 Å². The van der Waals surface area contributed by atoms with Crippen LogP contribution in [0.3, 0.4) is 0 Å². The molecule has 1 atom stereocenters. The molecule has 19 heavy (non-hydrogen) atoms. The maximum absolute atomic E-state index is 12.4. The van der Waals surface area contributed by atoms with E-state index in [0.29, 0.717) is 32.2 Å². The van der Waals surface area contributed by atoms with Crippen molar-refractivity contribution >= 4 is 17.5 Å². The molecule has 1 aromatic carbocycles. The molecular formula is C15H18ClNO2. The van der Waals surface area contributed by atoms with Crippen LogP contribution < -0.4 is 0 Å². The molecule has 1 aliphatic heterocycles. The van der Waals surface area contributed by atoms with E-state index in [-0.39, 0.29) is 5.91 Å². The molecule has 4 heteroatoms. The minimum atomic E-state index is -0.560. The lowest BCUT2D eigenvalue weighted by molar-refractivity contribution is -0.134. The third-order valence-electron chi connectivity index (χ3n) is 3.83. The van der Waals surface area contributed by atoms with Crippen LogP contribution >= 0.6 is 11.6 Å². The molecular weight excluding hydrogens is 262 g/mol.